The standard InChI is InChI=1S/C11H22O/c1-8(2)11-5-4-9(3)6-10(11)7-12/h8-12H,4-7H2,1-3H3/t9-,10+,11+/m0/s1. The van der Waals surface area contributed by atoms with Gasteiger partial charge in [0, 0.05) is 6.61 Å². The van der Waals surface area contributed by atoms with Gasteiger partial charge in [-0.2, -0.15) is 0 Å². The number of hydrogen-bond donors (Lipinski definition) is 1. The molecule has 1 N–H and O–H groups in total. The third-order valence-corrected chi connectivity index (χ3v) is 3.39. The summed E-state index contributed by atoms with van der Waals surface area (Å²) < 4.78 is 0. The minimum absolute atomic E-state index is 0.396. The van der Waals surface area contributed by atoms with Crippen LogP contribution < -0.4 is 0 Å². The molecule has 1 heteroatoms. The zero-order valence-corrected chi connectivity index (χ0v) is 8.59. The molecular weight excluding hydrogens is 148 g/mol. The Labute approximate surface area is 76.2 Å². The molecule has 3 atom stereocenters. The van der Waals surface area contributed by atoms with Crippen molar-refractivity contribution in [3.8, 4) is 0 Å². The molecule has 0 saturated heterocycles. The van der Waals surface area contributed by atoms with E-state index in [0.29, 0.717) is 12.5 Å². The van der Waals surface area contributed by atoms with E-state index in [1.54, 1.807) is 0 Å². The molecule has 0 aromatic carbocycles. The van der Waals surface area contributed by atoms with Crippen LogP contribution in [0.25, 0.3) is 0 Å². The Morgan fingerprint density at radius 1 is 1.33 bits per heavy atom. The first-order chi connectivity index (χ1) is 5.65. The predicted molar refractivity (Wildman–Crippen MR) is 51.9 cm³/mol. The Balaban J connectivity index is 2.50. The molecule has 0 aromatic heterocycles. The Morgan fingerprint density at radius 2 is 2.00 bits per heavy atom. The van der Waals surface area contributed by atoms with Crippen molar-refractivity contribution in [1.29, 1.82) is 0 Å². The summed E-state index contributed by atoms with van der Waals surface area (Å²) in [6.07, 6.45) is 3.92. The van der Waals surface area contributed by atoms with Crippen LogP contribution in [-0.4, -0.2) is 11.7 Å². The van der Waals surface area contributed by atoms with E-state index in [-0.39, 0.29) is 0 Å². The Kier molecular flexibility index (Phi) is 3.57. The highest BCUT2D eigenvalue weighted by Gasteiger charge is 2.29. The fraction of sp³-hybridized carbons (Fsp3) is 1.00. The van der Waals surface area contributed by atoms with E-state index in [9.17, 15) is 5.11 Å². The number of rotatable bonds is 2. The lowest BCUT2D eigenvalue weighted by molar-refractivity contribution is 0.0834. The normalized spacial score (nSPS) is 37.2. The van der Waals surface area contributed by atoms with Crippen molar-refractivity contribution in [1.82, 2.24) is 0 Å². The summed E-state index contributed by atoms with van der Waals surface area (Å²) >= 11 is 0. The molecule has 0 unspecified atom stereocenters. The summed E-state index contributed by atoms with van der Waals surface area (Å²) in [7, 11) is 0. The lowest BCUT2D eigenvalue weighted by atomic mass is 9.70. The van der Waals surface area contributed by atoms with Crippen LogP contribution in [0.4, 0.5) is 0 Å². The smallest absolute Gasteiger partial charge is 0.0462 e. The van der Waals surface area contributed by atoms with Gasteiger partial charge in [-0.1, -0.05) is 27.2 Å². The third kappa shape index (κ3) is 2.22. The minimum atomic E-state index is 0.396. The molecule has 1 aliphatic carbocycles. The van der Waals surface area contributed by atoms with Crippen LogP contribution in [0.2, 0.25) is 0 Å². The van der Waals surface area contributed by atoms with Gasteiger partial charge in [-0.15, -0.1) is 0 Å². The van der Waals surface area contributed by atoms with Gasteiger partial charge in [0.15, 0.2) is 0 Å². The fourth-order valence-electron chi connectivity index (χ4n) is 2.61. The van der Waals surface area contributed by atoms with Crippen molar-refractivity contribution in [3.63, 3.8) is 0 Å². The summed E-state index contributed by atoms with van der Waals surface area (Å²) in [4.78, 5) is 0. The number of aliphatic hydroxyl groups is 1. The maximum absolute atomic E-state index is 9.23. The lowest BCUT2D eigenvalue weighted by Gasteiger charge is -2.36. The van der Waals surface area contributed by atoms with Gasteiger partial charge in [-0.25, -0.2) is 0 Å². The van der Waals surface area contributed by atoms with Gasteiger partial charge in [-0.05, 0) is 36.5 Å². The average Bonchev–Trinajstić information content (AvgIpc) is 2.03. The first-order valence-electron chi connectivity index (χ1n) is 5.26. The summed E-state index contributed by atoms with van der Waals surface area (Å²) in [6, 6.07) is 0. The highest BCUT2D eigenvalue weighted by molar-refractivity contribution is 4.79. The molecule has 1 nitrogen and oxygen atoms in total. The minimum Gasteiger partial charge on any atom is -0.396 e. The molecule has 0 aromatic rings. The second kappa shape index (κ2) is 4.27. The second-order valence-corrected chi connectivity index (χ2v) is 4.77. The molecule has 0 amide bonds. The first kappa shape index (κ1) is 10.0. The molecule has 1 saturated carbocycles. The molecule has 0 heterocycles. The number of hydrogen-bond acceptors (Lipinski definition) is 1. The van der Waals surface area contributed by atoms with Crippen molar-refractivity contribution < 1.29 is 5.11 Å². The van der Waals surface area contributed by atoms with Gasteiger partial charge in [0.25, 0.3) is 0 Å². The first-order valence-corrected chi connectivity index (χ1v) is 5.26. The molecule has 0 bridgehead atoms. The van der Waals surface area contributed by atoms with E-state index in [1.165, 1.54) is 19.3 Å². The average molecular weight is 170 g/mol. The molecule has 72 valence electrons. The Morgan fingerprint density at radius 3 is 2.50 bits per heavy atom. The molecular formula is C11H22O. The molecule has 1 aliphatic rings. The van der Waals surface area contributed by atoms with Crippen LogP contribution in [0.5, 0.6) is 0 Å². The molecule has 0 spiro atoms. The summed E-state index contributed by atoms with van der Waals surface area (Å²) in [6.45, 7) is 7.26. The van der Waals surface area contributed by atoms with Gasteiger partial charge >= 0.3 is 0 Å². The van der Waals surface area contributed by atoms with E-state index < -0.39 is 0 Å². The van der Waals surface area contributed by atoms with Crippen molar-refractivity contribution in [2.45, 2.75) is 40.0 Å². The van der Waals surface area contributed by atoms with E-state index in [2.05, 4.69) is 20.8 Å². The summed E-state index contributed by atoms with van der Waals surface area (Å²) in [5.41, 5.74) is 0. The molecule has 0 radical (unpaired) electrons. The van der Waals surface area contributed by atoms with Crippen molar-refractivity contribution in [3.05, 3.63) is 0 Å². The van der Waals surface area contributed by atoms with E-state index >= 15 is 0 Å². The molecule has 1 rings (SSSR count). The van der Waals surface area contributed by atoms with Crippen LogP contribution in [0.3, 0.4) is 0 Å². The highest BCUT2D eigenvalue weighted by atomic mass is 16.3. The van der Waals surface area contributed by atoms with Gasteiger partial charge < -0.3 is 5.11 Å². The molecule has 12 heavy (non-hydrogen) atoms. The Bertz CT molecular complexity index is 131. The predicted octanol–water partition coefficient (Wildman–Crippen LogP) is 2.69. The van der Waals surface area contributed by atoms with Gasteiger partial charge in [0.2, 0.25) is 0 Å². The van der Waals surface area contributed by atoms with Crippen LogP contribution in [-0.2, 0) is 0 Å². The van der Waals surface area contributed by atoms with E-state index in [0.717, 1.165) is 17.8 Å². The fourth-order valence-corrected chi connectivity index (χ4v) is 2.61. The van der Waals surface area contributed by atoms with Crippen LogP contribution >= 0.6 is 0 Å². The molecule has 1 fully saturated rings. The zero-order valence-electron chi connectivity index (χ0n) is 8.59. The SMILES string of the molecule is CC(C)[C@H]1CC[C@H](C)C[C@@H]1CO. The third-order valence-electron chi connectivity index (χ3n) is 3.39. The van der Waals surface area contributed by atoms with Crippen molar-refractivity contribution >= 4 is 0 Å². The monoisotopic (exact) mass is 170 g/mol. The van der Waals surface area contributed by atoms with Crippen molar-refractivity contribution in [2.75, 3.05) is 6.61 Å². The largest absolute Gasteiger partial charge is 0.396 e. The van der Waals surface area contributed by atoms with E-state index in [1.807, 2.05) is 0 Å². The van der Waals surface area contributed by atoms with Crippen LogP contribution in [0.1, 0.15) is 40.0 Å². The maximum Gasteiger partial charge on any atom is 0.0462 e. The summed E-state index contributed by atoms with van der Waals surface area (Å²) in [5, 5.41) is 9.23. The number of aliphatic hydroxyl groups excluding tert-OH is 1. The zero-order chi connectivity index (χ0) is 9.14. The van der Waals surface area contributed by atoms with Gasteiger partial charge in [0.05, 0.1) is 0 Å². The van der Waals surface area contributed by atoms with Crippen LogP contribution in [0.15, 0.2) is 0 Å². The Hall–Kier alpha value is -0.0400. The molecule has 0 aliphatic heterocycles. The summed E-state index contributed by atoms with van der Waals surface area (Å²) in [5.74, 6) is 2.92. The van der Waals surface area contributed by atoms with Gasteiger partial charge in [-0.3, -0.25) is 0 Å². The quantitative estimate of drug-likeness (QED) is 0.675. The second-order valence-electron chi connectivity index (χ2n) is 4.77. The maximum atomic E-state index is 9.23. The van der Waals surface area contributed by atoms with Crippen molar-refractivity contribution in [2.24, 2.45) is 23.7 Å². The topological polar surface area (TPSA) is 20.2 Å². The van der Waals surface area contributed by atoms with E-state index in [4.69, 9.17) is 0 Å². The lowest BCUT2D eigenvalue weighted by Crippen LogP contribution is -2.29. The highest BCUT2D eigenvalue weighted by Crippen LogP contribution is 2.37. The van der Waals surface area contributed by atoms with Gasteiger partial charge in [0.1, 0.15) is 0 Å². The van der Waals surface area contributed by atoms with Crippen LogP contribution in [0, 0.1) is 23.7 Å².